The first kappa shape index (κ1) is 16.4. The molecule has 1 N–H and O–H groups in total. The van der Waals surface area contributed by atoms with Crippen molar-refractivity contribution in [2.24, 2.45) is 0 Å². The molecule has 3 rings (SSSR count). The molecule has 0 atom stereocenters. The van der Waals surface area contributed by atoms with Crippen molar-refractivity contribution in [1.29, 1.82) is 0 Å². The van der Waals surface area contributed by atoms with Crippen LogP contribution in [0.2, 0.25) is 0 Å². The van der Waals surface area contributed by atoms with Crippen LogP contribution in [0.5, 0.6) is 0 Å². The number of carbonyl (C=O) groups is 1. The Morgan fingerprint density at radius 1 is 1.25 bits per heavy atom. The van der Waals surface area contributed by atoms with Crippen molar-refractivity contribution in [1.82, 2.24) is 14.6 Å². The number of amides is 1. The first-order chi connectivity index (χ1) is 11.3. The molecule has 0 fully saturated rings. The Labute approximate surface area is 148 Å². The van der Waals surface area contributed by atoms with Crippen molar-refractivity contribution < 1.29 is 9.53 Å². The number of hydrogen-bond acceptors (Lipinski definition) is 4. The maximum Gasteiger partial charge on any atom is 0.413 e. The van der Waals surface area contributed by atoms with Crippen molar-refractivity contribution in [3.05, 3.63) is 47.1 Å². The van der Waals surface area contributed by atoms with Crippen LogP contribution in [-0.4, -0.2) is 26.3 Å². The fourth-order valence-electron chi connectivity index (χ4n) is 2.19. The number of hydrogen-bond donors (Lipinski definition) is 1. The zero-order chi connectivity index (χ0) is 17.3. The molecule has 0 spiro atoms. The third-order valence-electron chi connectivity index (χ3n) is 3.13. The Morgan fingerprint density at radius 3 is 2.62 bits per heavy atom. The fraction of sp³-hybridized carbons (Fsp3) is 0.235. The minimum atomic E-state index is -0.580. The quantitative estimate of drug-likeness (QED) is 0.701. The predicted octanol–water partition coefficient (Wildman–Crippen LogP) is 4.51. The lowest BCUT2D eigenvalue weighted by molar-refractivity contribution is 0.0635. The lowest BCUT2D eigenvalue weighted by Gasteiger charge is -2.20. The van der Waals surface area contributed by atoms with Crippen LogP contribution >= 0.6 is 15.9 Å². The number of halogens is 1. The van der Waals surface area contributed by atoms with Crippen LogP contribution in [0.1, 0.15) is 20.8 Å². The van der Waals surface area contributed by atoms with Crippen LogP contribution in [-0.2, 0) is 4.74 Å². The number of benzene rings is 1. The van der Waals surface area contributed by atoms with E-state index >= 15 is 0 Å². The van der Waals surface area contributed by atoms with Gasteiger partial charge in [0.25, 0.3) is 0 Å². The van der Waals surface area contributed by atoms with Crippen molar-refractivity contribution in [3.8, 4) is 11.3 Å². The van der Waals surface area contributed by atoms with Gasteiger partial charge in [0.1, 0.15) is 11.4 Å². The molecular weight excluding hydrogens is 372 g/mol. The van der Waals surface area contributed by atoms with Gasteiger partial charge in [-0.25, -0.2) is 9.78 Å². The van der Waals surface area contributed by atoms with Gasteiger partial charge in [-0.15, -0.1) is 0 Å². The zero-order valence-corrected chi connectivity index (χ0v) is 15.2. The van der Waals surface area contributed by atoms with Crippen LogP contribution in [0.4, 0.5) is 10.6 Å². The number of ether oxygens (including phenoxy) is 1. The molecular formula is C17H17BrN4O2. The van der Waals surface area contributed by atoms with Crippen molar-refractivity contribution in [3.63, 3.8) is 0 Å². The lowest BCUT2D eigenvalue weighted by Crippen LogP contribution is -2.28. The predicted molar refractivity (Wildman–Crippen MR) is 96.0 cm³/mol. The summed E-state index contributed by atoms with van der Waals surface area (Å²) in [5.41, 5.74) is 1.71. The van der Waals surface area contributed by atoms with Crippen molar-refractivity contribution >= 4 is 33.5 Å². The van der Waals surface area contributed by atoms with Crippen LogP contribution in [0.25, 0.3) is 16.9 Å². The molecule has 24 heavy (non-hydrogen) atoms. The summed E-state index contributed by atoms with van der Waals surface area (Å²) in [5.74, 6) is 0.485. The normalized spacial score (nSPS) is 11.5. The second kappa shape index (κ2) is 6.24. The van der Waals surface area contributed by atoms with E-state index in [1.54, 1.807) is 16.8 Å². The number of rotatable bonds is 2. The van der Waals surface area contributed by atoms with Gasteiger partial charge < -0.3 is 4.74 Å². The van der Waals surface area contributed by atoms with E-state index in [1.165, 1.54) is 0 Å². The molecule has 0 unspecified atom stereocenters. The highest BCUT2D eigenvalue weighted by Gasteiger charge is 2.19. The molecule has 0 saturated heterocycles. The first-order valence-electron chi connectivity index (χ1n) is 7.43. The topological polar surface area (TPSA) is 68.5 Å². The van der Waals surface area contributed by atoms with Gasteiger partial charge in [-0.3, -0.25) is 5.32 Å². The molecule has 124 valence electrons. The third kappa shape index (κ3) is 3.56. The van der Waals surface area contributed by atoms with E-state index in [4.69, 9.17) is 4.74 Å². The van der Waals surface area contributed by atoms with Crippen LogP contribution < -0.4 is 5.32 Å². The van der Waals surface area contributed by atoms with E-state index in [0.717, 1.165) is 15.7 Å². The monoisotopic (exact) mass is 388 g/mol. The van der Waals surface area contributed by atoms with Gasteiger partial charge in [0.05, 0.1) is 16.4 Å². The van der Waals surface area contributed by atoms with E-state index < -0.39 is 11.7 Å². The highest BCUT2D eigenvalue weighted by molar-refractivity contribution is 9.10. The van der Waals surface area contributed by atoms with E-state index in [-0.39, 0.29) is 0 Å². The molecule has 2 aromatic heterocycles. The second-order valence-electron chi connectivity index (χ2n) is 6.25. The van der Waals surface area contributed by atoms with Gasteiger partial charge in [-0.2, -0.15) is 9.61 Å². The average Bonchev–Trinajstić information content (AvgIpc) is 2.88. The largest absolute Gasteiger partial charge is 0.444 e. The standard InChI is InChI=1S/C17H17BrN4O2/c1-17(2,3)24-16(23)21-14-9-13(11-7-5-4-6-8-11)20-15-12(18)10-19-22(14)15/h4-10H,1-3H3,(H,21,23). The molecule has 6 nitrogen and oxygen atoms in total. The lowest BCUT2D eigenvalue weighted by atomic mass is 10.1. The number of nitrogens with one attached hydrogen (secondary N) is 1. The molecule has 2 heterocycles. The summed E-state index contributed by atoms with van der Waals surface area (Å²) in [5, 5.41) is 6.98. The van der Waals surface area contributed by atoms with Crippen molar-refractivity contribution in [2.75, 3.05) is 5.32 Å². The Morgan fingerprint density at radius 2 is 1.96 bits per heavy atom. The molecule has 0 aliphatic carbocycles. The number of nitrogens with zero attached hydrogens (tertiary/aromatic N) is 3. The minimum Gasteiger partial charge on any atom is -0.444 e. The highest BCUT2D eigenvalue weighted by Crippen LogP contribution is 2.26. The highest BCUT2D eigenvalue weighted by atomic mass is 79.9. The summed E-state index contributed by atoms with van der Waals surface area (Å²) in [6, 6.07) is 11.5. The number of aromatic nitrogens is 3. The Balaban J connectivity index is 2.04. The van der Waals surface area contributed by atoms with Crippen molar-refractivity contribution in [2.45, 2.75) is 26.4 Å². The van der Waals surface area contributed by atoms with Gasteiger partial charge >= 0.3 is 6.09 Å². The fourth-order valence-corrected chi connectivity index (χ4v) is 2.54. The van der Waals surface area contributed by atoms with Gasteiger partial charge in [0.2, 0.25) is 0 Å². The van der Waals surface area contributed by atoms with E-state index in [9.17, 15) is 4.79 Å². The van der Waals surface area contributed by atoms with E-state index in [0.29, 0.717) is 11.5 Å². The number of carbonyl (C=O) groups excluding carboxylic acids is 1. The number of anilines is 1. The maximum absolute atomic E-state index is 12.1. The molecule has 0 radical (unpaired) electrons. The van der Waals surface area contributed by atoms with Gasteiger partial charge in [0, 0.05) is 11.6 Å². The molecule has 0 saturated carbocycles. The molecule has 0 bridgehead atoms. The van der Waals surface area contributed by atoms with Crippen LogP contribution in [0.15, 0.2) is 47.1 Å². The third-order valence-corrected chi connectivity index (χ3v) is 3.69. The average molecular weight is 389 g/mol. The second-order valence-corrected chi connectivity index (χ2v) is 7.10. The molecule has 1 amide bonds. The summed E-state index contributed by atoms with van der Waals surface area (Å²) in [7, 11) is 0. The van der Waals surface area contributed by atoms with E-state index in [2.05, 4.69) is 31.3 Å². The summed E-state index contributed by atoms with van der Waals surface area (Å²) < 4.78 is 7.62. The first-order valence-corrected chi connectivity index (χ1v) is 8.22. The Kier molecular flexibility index (Phi) is 4.28. The number of fused-ring (bicyclic) bond motifs is 1. The van der Waals surface area contributed by atoms with Gasteiger partial charge in [-0.05, 0) is 36.7 Å². The molecule has 1 aromatic carbocycles. The SMILES string of the molecule is CC(C)(C)OC(=O)Nc1cc(-c2ccccc2)nc2c(Br)cnn12. The summed E-state index contributed by atoms with van der Waals surface area (Å²) in [6.07, 6.45) is 1.10. The smallest absolute Gasteiger partial charge is 0.413 e. The zero-order valence-electron chi connectivity index (χ0n) is 13.6. The summed E-state index contributed by atoms with van der Waals surface area (Å²) >= 11 is 3.43. The summed E-state index contributed by atoms with van der Waals surface area (Å²) in [4.78, 5) is 16.7. The molecule has 0 aliphatic heterocycles. The van der Waals surface area contributed by atoms with Gasteiger partial charge in [-0.1, -0.05) is 30.3 Å². The van der Waals surface area contributed by atoms with Crippen LogP contribution in [0.3, 0.4) is 0 Å². The molecule has 7 heteroatoms. The van der Waals surface area contributed by atoms with Gasteiger partial charge in [0.15, 0.2) is 5.65 Å². The molecule has 0 aliphatic rings. The Bertz CT molecular complexity index is 885. The van der Waals surface area contributed by atoms with E-state index in [1.807, 2.05) is 51.1 Å². The molecule has 3 aromatic rings. The maximum atomic E-state index is 12.1. The minimum absolute atomic E-state index is 0.485. The Hall–Kier alpha value is -2.41. The van der Waals surface area contributed by atoms with Crippen LogP contribution in [0, 0.1) is 0 Å². The summed E-state index contributed by atoms with van der Waals surface area (Å²) in [6.45, 7) is 5.44.